The molecule has 1 aliphatic heterocycles. The van der Waals surface area contributed by atoms with Gasteiger partial charge in [0.1, 0.15) is 17.2 Å². The van der Waals surface area contributed by atoms with Gasteiger partial charge in [0.2, 0.25) is 5.91 Å². The minimum Gasteiger partial charge on any atom is -0.342 e. The van der Waals surface area contributed by atoms with Crippen LogP contribution in [-0.4, -0.2) is 49.2 Å². The maximum absolute atomic E-state index is 12.5. The van der Waals surface area contributed by atoms with Crippen molar-refractivity contribution in [3.8, 4) is 11.4 Å². The molecule has 1 fully saturated rings. The lowest BCUT2D eigenvalue weighted by molar-refractivity contribution is -0.129. The van der Waals surface area contributed by atoms with E-state index < -0.39 is 0 Å². The van der Waals surface area contributed by atoms with Gasteiger partial charge in [0.25, 0.3) is 5.69 Å². The number of aromatic nitrogens is 4. The van der Waals surface area contributed by atoms with Crippen LogP contribution in [0.3, 0.4) is 0 Å². The Morgan fingerprint density at radius 1 is 1.19 bits per heavy atom. The Morgan fingerprint density at radius 2 is 1.96 bits per heavy atom. The van der Waals surface area contributed by atoms with Crippen LogP contribution >= 0.6 is 11.8 Å². The molecule has 0 unspecified atom stereocenters. The maximum atomic E-state index is 12.5. The zero-order valence-corrected chi connectivity index (χ0v) is 15.5. The summed E-state index contributed by atoms with van der Waals surface area (Å²) in [6.45, 7) is 9.20. The Hall–Kier alpha value is -2.92. The molecule has 8 heteroatoms. The number of carbonyl (C=O) groups is 1. The third kappa shape index (κ3) is 3.51. The van der Waals surface area contributed by atoms with E-state index in [0.29, 0.717) is 22.2 Å². The average molecular weight is 378 g/mol. The van der Waals surface area contributed by atoms with Crippen LogP contribution in [0.4, 0.5) is 5.69 Å². The van der Waals surface area contributed by atoms with Crippen molar-refractivity contribution < 1.29 is 4.79 Å². The molecule has 0 bridgehead atoms. The minimum atomic E-state index is 0.0973. The molecule has 1 amide bonds. The molecular formula is C19H18N6OS. The van der Waals surface area contributed by atoms with Crippen molar-refractivity contribution in [2.45, 2.75) is 24.3 Å². The van der Waals surface area contributed by atoms with Gasteiger partial charge in [0, 0.05) is 18.7 Å². The van der Waals surface area contributed by atoms with E-state index in [4.69, 9.17) is 11.6 Å². The minimum absolute atomic E-state index is 0.0973. The molecule has 1 aromatic carbocycles. The van der Waals surface area contributed by atoms with Gasteiger partial charge in [-0.25, -0.2) is 9.83 Å². The van der Waals surface area contributed by atoms with Crippen LogP contribution < -0.4 is 0 Å². The van der Waals surface area contributed by atoms with Crippen LogP contribution in [0.15, 0.2) is 41.7 Å². The number of likely N-dealkylation sites (tertiary alicyclic amines) is 1. The van der Waals surface area contributed by atoms with Crippen molar-refractivity contribution in [1.29, 1.82) is 0 Å². The summed E-state index contributed by atoms with van der Waals surface area (Å²) in [7, 11) is 0. The molecule has 3 aromatic rings. The van der Waals surface area contributed by atoms with Gasteiger partial charge in [-0.2, -0.15) is 0 Å². The fourth-order valence-electron chi connectivity index (χ4n) is 3.20. The van der Waals surface area contributed by atoms with E-state index in [1.54, 1.807) is 10.7 Å². The van der Waals surface area contributed by atoms with E-state index in [1.807, 2.05) is 35.2 Å². The number of benzene rings is 1. The fourth-order valence-corrected chi connectivity index (χ4v) is 4.07. The summed E-state index contributed by atoms with van der Waals surface area (Å²) < 4.78 is 1.72. The Balaban J connectivity index is 1.67. The highest BCUT2D eigenvalue weighted by Crippen LogP contribution is 2.34. The van der Waals surface area contributed by atoms with Crippen LogP contribution in [0, 0.1) is 6.57 Å². The first-order chi connectivity index (χ1) is 13.3. The molecule has 1 saturated heterocycles. The van der Waals surface area contributed by atoms with Gasteiger partial charge in [0.15, 0.2) is 5.65 Å². The summed E-state index contributed by atoms with van der Waals surface area (Å²) in [5, 5.41) is 8.58. The normalized spacial score (nSPS) is 14.3. The van der Waals surface area contributed by atoms with Crippen LogP contribution in [-0.2, 0) is 4.79 Å². The Labute approximate surface area is 161 Å². The molecule has 3 heterocycles. The second kappa shape index (κ2) is 7.76. The van der Waals surface area contributed by atoms with Gasteiger partial charge in [0.05, 0.1) is 12.3 Å². The number of hydrogen-bond acceptors (Lipinski definition) is 5. The predicted octanol–water partition coefficient (Wildman–Crippen LogP) is 3.45. The van der Waals surface area contributed by atoms with Gasteiger partial charge in [-0.1, -0.05) is 30.3 Å². The summed E-state index contributed by atoms with van der Waals surface area (Å²) in [6, 6.07) is 9.71. The first-order valence-electron chi connectivity index (χ1n) is 8.85. The molecule has 1 aliphatic rings. The van der Waals surface area contributed by atoms with Crippen molar-refractivity contribution >= 4 is 29.0 Å². The molecule has 27 heavy (non-hydrogen) atoms. The first kappa shape index (κ1) is 17.5. The highest BCUT2D eigenvalue weighted by molar-refractivity contribution is 8.00. The highest BCUT2D eigenvalue weighted by Gasteiger charge is 2.21. The molecule has 0 radical (unpaired) electrons. The smallest absolute Gasteiger partial charge is 0.262 e. The standard InChI is InChI=1S/C19H18N6OS/c1-20-16-18-23-21-13-25(18)17(14-8-4-2-5-9-14)22-19(16)27-12-15(26)24-10-6-3-7-11-24/h2,4-5,8-9,13H,3,6-7,10-12H2. The molecule has 0 atom stereocenters. The molecule has 0 N–H and O–H groups in total. The Bertz CT molecular complexity index is 1000. The second-order valence-corrected chi connectivity index (χ2v) is 7.29. The highest BCUT2D eigenvalue weighted by atomic mass is 32.2. The zero-order valence-electron chi connectivity index (χ0n) is 14.7. The fraction of sp³-hybridized carbons (Fsp3) is 0.316. The lowest BCUT2D eigenvalue weighted by Gasteiger charge is -2.26. The van der Waals surface area contributed by atoms with E-state index in [9.17, 15) is 4.79 Å². The SMILES string of the molecule is [C-]#[N+]c1c(SCC(=O)N2CCCCC2)nc(-c2ccccc2)n2cnnc12. The molecule has 136 valence electrons. The number of thioether (sulfide) groups is 1. The number of rotatable bonds is 4. The number of hydrogen-bond donors (Lipinski definition) is 0. The monoisotopic (exact) mass is 378 g/mol. The molecule has 2 aromatic heterocycles. The van der Waals surface area contributed by atoms with E-state index in [2.05, 4.69) is 15.0 Å². The van der Waals surface area contributed by atoms with Gasteiger partial charge in [-0.3, -0.25) is 9.20 Å². The molecular weight excluding hydrogens is 360 g/mol. The van der Waals surface area contributed by atoms with Gasteiger partial charge >= 0.3 is 0 Å². The quantitative estimate of drug-likeness (QED) is 0.395. The van der Waals surface area contributed by atoms with Crippen molar-refractivity contribution in [1.82, 2.24) is 24.5 Å². The largest absolute Gasteiger partial charge is 0.342 e. The summed E-state index contributed by atoms with van der Waals surface area (Å²) >= 11 is 1.30. The van der Waals surface area contributed by atoms with Crippen LogP contribution in [0.1, 0.15) is 19.3 Å². The van der Waals surface area contributed by atoms with Crippen LogP contribution in [0.25, 0.3) is 21.9 Å². The number of amides is 1. The number of fused-ring (bicyclic) bond motifs is 1. The Morgan fingerprint density at radius 3 is 2.70 bits per heavy atom. The Kier molecular flexibility index (Phi) is 5.03. The first-order valence-corrected chi connectivity index (χ1v) is 9.83. The van der Waals surface area contributed by atoms with E-state index in [1.165, 1.54) is 18.2 Å². The van der Waals surface area contributed by atoms with Crippen molar-refractivity contribution in [3.63, 3.8) is 0 Å². The number of carbonyl (C=O) groups excluding carboxylic acids is 1. The topological polar surface area (TPSA) is 67.8 Å². The molecule has 0 aliphatic carbocycles. The number of piperidine rings is 1. The molecule has 4 rings (SSSR count). The molecule has 0 saturated carbocycles. The van der Waals surface area contributed by atoms with Gasteiger partial charge in [-0.15, -0.1) is 22.0 Å². The average Bonchev–Trinajstić information content (AvgIpc) is 3.22. The van der Waals surface area contributed by atoms with Crippen molar-refractivity contribution in [2.24, 2.45) is 0 Å². The predicted molar refractivity (Wildman–Crippen MR) is 104 cm³/mol. The molecule has 7 nitrogen and oxygen atoms in total. The lowest BCUT2D eigenvalue weighted by Crippen LogP contribution is -2.36. The van der Waals surface area contributed by atoms with Gasteiger partial charge < -0.3 is 4.90 Å². The summed E-state index contributed by atoms with van der Waals surface area (Å²) in [5.41, 5.74) is 1.71. The third-order valence-electron chi connectivity index (χ3n) is 4.58. The van der Waals surface area contributed by atoms with E-state index in [0.717, 1.165) is 31.5 Å². The van der Waals surface area contributed by atoms with Crippen molar-refractivity contribution in [2.75, 3.05) is 18.8 Å². The second-order valence-electron chi connectivity index (χ2n) is 6.32. The van der Waals surface area contributed by atoms with Crippen LogP contribution in [0.2, 0.25) is 0 Å². The summed E-state index contributed by atoms with van der Waals surface area (Å²) in [6.07, 6.45) is 4.87. The summed E-state index contributed by atoms with van der Waals surface area (Å²) in [5.74, 6) is 1.03. The zero-order chi connectivity index (χ0) is 18.6. The van der Waals surface area contributed by atoms with Crippen LogP contribution in [0.5, 0.6) is 0 Å². The van der Waals surface area contributed by atoms with E-state index in [-0.39, 0.29) is 11.7 Å². The summed E-state index contributed by atoms with van der Waals surface area (Å²) in [4.78, 5) is 22.7. The molecule has 0 spiro atoms. The maximum Gasteiger partial charge on any atom is 0.262 e. The third-order valence-corrected chi connectivity index (χ3v) is 5.53. The van der Waals surface area contributed by atoms with Crippen molar-refractivity contribution in [3.05, 3.63) is 48.1 Å². The number of nitrogens with zero attached hydrogens (tertiary/aromatic N) is 6. The lowest BCUT2D eigenvalue weighted by atomic mass is 10.1. The van der Waals surface area contributed by atoms with Gasteiger partial charge in [-0.05, 0) is 19.3 Å². The van der Waals surface area contributed by atoms with E-state index >= 15 is 0 Å².